The van der Waals surface area contributed by atoms with Gasteiger partial charge < -0.3 is 15.0 Å². The molecule has 1 aliphatic heterocycles. The van der Waals surface area contributed by atoms with E-state index in [-0.39, 0.29) is 11.8 Å². The lowest BCUT2D eigenvalue weighted by Crippen LogP contribution is -2.25. The Hall–Kier alpha value is -4.12. The minimum Gasteiger partial charge on any atom is -0.454 e. The molecule has 0 fully saturated rings. The van der Waals surface area contributed by atoms with Crippen molar-refractivity contribution in [1.29, 1.82) is 0 Å². The van der Waals surface area contributed by atoms with Gasteiger partial charge in [0.25, 0.3) is 11.8 Å². The van der Waals surface area contributed by atoms with Gasteiger partial charge >= 0.3 is 0 Å². The molecule has 4 aromatic carbocycles. The molecule has 5 heteroatoms. The maximum Gasteiger partial charge on any atom is 0.261 e. The molecular weight excluding hydrogens is 376 g/mol. The first-order valence-corrected chi connectivity index (χ1v) is 9.60. The highest BCUT2D eigenvalue weighted by Gasteiger charge is 2.26. The van der Waals surface area contributed by atoms with E-state index >= 15 is 0 Å². The summed E-state index contributed by atoms with van der Waals surface area (Å²) in [6.07, 6.45) is 0. The summed E-state index contributed by atoms with van der Waals surface area (Å²) in [5.74, 6) is 0.640. The largest absolute Gasteiger partial charge is 0.454 e. The predicted octanol–water partition coefficient (Wildman–Crippen LogP) is 5.47. The van der Waals surface area contributed by atoms with Crippen LogP contribution in [-0.2, 0) is 0 Å². The third kappa shape index (κ3) is 2.97. The number of nitrogens with one attached hydrogen (secondary N) is 1. The van der Waals surface area contributed by atoms with Gasteiger partial charge in [0.2, 0.25) is 0 Å². The molecule has 5 nitrogen and oxygen atoms in total. The van der Waals surface area contributed by atoms with E-state index in [1.54, 1.807) is 36.2 Å². The molecule has 2 amide bonds. The summed E-state index contributed by atoms with van der Waals surface area (Å²) in [6, 6.07) is 25.8. The van der Waals surface area contributed by atoms with Crippen LogP contribution < -0.4 is 15.0 Å². The first-order chi connectivity index (χ1) is 14.6. The van der Waals surface area contributed by atoms with E-state index in [1.807, 2.05) is 60.7 Å². The number of carbonyl (C=O) groups excluding carboxylic acids is 2. The van der Waals surface area contributed by atoms with Crippen LogP contribution in [0.2, 0.25) is 0 Å². The molecule has 146 valence electrons. The number of benzene rings is 4. The van der Waals surface area contributed by atoms with Gasteiger partial charge in [-0.3, -0.25) is 9.59 Å². The second kappa shape index (κ2) is 7.04. The average molecular weight is 394 g/mol. The zero-order valence-electron chi connectivity index (χ0n) is 16.3. The third-order valence-electron chi connectivity index (χ3n) is 5.25. The van der Waals surface area contributed by atoms with Crippen LogP contribution in [0.3, 0.4) is 0 Å². The Kier molecular flexibility index (Phi) is 4.21. The summed E-state index contributed by atoms with van der Waals surface area (Å²) in [5.41, 5.74) is 2.20. The third-order valence-corrected chi connectivity index (χ3v) is 5.25. The monoisotopic (exact) mass is 394 g/mol. The molecule has 0 atom stereocenters. The quantitative estimate of drug-likeness (QED) is 0.490. The van der Waals surface area contributed by atoms with Gasteiger partial charge in [0.15, 0.2) is 5.75 Å². The molecule has 1 aliphatic rings. The van der Waals surface area contributed by atoms with Crippen LogP contribution in [0, 0.1) is 0 Å². The minimum atomic E-state index is -0.231. The number of nitrogens with zero attached hydrogens (tertiary/aromatic N) is 1. The van der Waals surface area contributed by atoms with Crippen molar-refractivity contribution in [2.75, 3.05) is 17.3 Å². The number of hydrogen-bond acceptors (Lipinski definition) is 3. The Morgan fingerprint density at radius 2 is 1.63 bits per heavy atom. The van der Waals surface area contributed by atoms with Crippen LogP contribution in [0.15, 0.2) is 84.9 Å². The van der Waals surface area contributed by atoms with Crippen LogP contribution >= 0.6 is 0 Å². The number of fused-ring (bicyclic) bond motifs is 3. The zero-order chi connectivity index (χ0) is 20.7. The first-order valence-electron chi connectivity index (χ1n) is 9.60. The summed E-state index contributed by atoms with van der Waals surface area (Å²) >= 11 is 0. The van der Waals surface area contributed by atoms with E-state index in [0.29, 0.717) is 34.0 Å². The molecule has 0 spiro atoms. The number of ether oxygens (including phenoxy) is 1. The van der Waals surface area contributed by atoms with Crippen molar-refractivity contribution >= 4 is 34.0 Å². The predicted molar refractivity (Wildman–Crippen MR) is 118 cm³/mol. The van der Waals surface area contributed by atoms with Gasteiger partial charge in [0.1, 0.15) is 5.75 Å². The number of anilines is 2. The highest BCUT2D eigenvalue weighted by Crippen LogP contribution is 2.38. The van der Waals surface area contributed by atoms with Gasteiger partial charge in [-0.15, -0.1) is 0 Å². The molecule has 4 aromatic rings. The van der Waals surface area contributed by atoms with Gasteiger partial charge in [-0.2, -0.15) is 0 Å². The molecule has 0 aromatic heterocycles. The molecule has 0 saturated heterocycles. The smallest absolute Gasteiger partial charge is 0.261 e. The van der Waals surface area contributed by atoms with Gasteiger partial charge in [0, 0.05) is 18.3 Å². The standard InChI is InChI=1S/C25H18N2O3/c1-27-21-11-4-5-12-23(21)30-22-14-13-17(15-20(22)25(27)29)26-24(28)19-10-6-8-16-7-2-3-9-18(16)19/h2-15H,1H3,(H,26,28). The molecule has 1 heterocycles. The lowest BCUT2D eigenvalue weighted by Gasteiger charge is -2.16. The SMILES string of the molecule is CN1C(=O)c2cc(NC(=O)c3cccc4ccccc34)ccc2Oc2ccccc21. The molecule has 0 bridgehead atoms. The van der Waals surface area contributed by atoms with Crippen molar-refractivity contribution in [2.45, 2.75) is 0 Å². The fourth-order valence-electron chi connectivity index (χ4n) is 3.71. The van der Waals surface area contributed by atoms with E-state index < -0.39 is 0 Å². The van der Waals surface area contributed by atoms with Gasteiger partial charge in [-0.25, -0.2) is 0 Å². The number of hydrogen-bond donors (Lipinski definition) is 1. The van der Waals surface area contributed by atoms with Crippen LogP contribution in [0.4, 0.5) is 11.4 Å². The Balaban J connectivity index is 1.49. The maximum absolute atomic E-state index is 13.0. The van der Waals surface area contributed by atoms with Gasteiger partial charge in [-0.1, -0.05) is 48.5 Å². The van der Waals surface area contributed by atoms with E-state index in [1.165, 1.54) is 0 Å². The first kappa shape index (κ1) is 17.9. The summed E-state index contributed by atoms with van der Waals surface area (Å²) < 4.78 is 5.97. The Bertz CT molecular complexity index is 1310. The average Bonchev–Trinajstić information content (AvgIpc) is 2.88. The number of rotatable bonds is 2. The normalized spacial score (nSPS) is 12.6. The summed E-state index contributed by atoms with van der Waals surface area (Å²) in [4.78, 5) is 27.5. The maximum atomic E-state index is 13.0. The van der Waals surface area contributed by atoms with Crippen molar-refractivity contribution in [2.24, 2.45) is 0 Å². The second-order valence-corrected chi connectivity index (χ2v) is 7.13. The zero-order valence-corrected chi connectivity index (χ0v) is 16.3. The summed E-state index contributed by atoms with van der Waals surface area (Å²) in [5, 5.41) is 4.78. The highest BCUT2D eigenvalue weighted by molar-refractivity contribution is 6.14. The fraction of sp³-hybridized carbons (Fsp3) is 0.0400. The van der Waals surface area contributed by atoms with Crippen LogP contribution in [0.25, 0.3) is 10.8 Å². The molecular formula is C25H18N2O3. The lowest BCUT2D eigenvalue weighted by molar-refractivity contribution is 0.0990. The Morgan fingerprint density at radius 3 is 2.53 bits per heavy atom. The van der Waals surface area contributed by atoms with Crippen LogP contribution in [-0.4, -0.2) is 18.9 Å². The van der Waals surface area contributed by atoms with Gasteiger partial charge in [-0.05, 0) is 47.2 Å². The van der Waals surface area contributed by atoms with Crippen molar-refractivity contribution in [3.8, 4) is 11.5 Å². The molecule has 5 rings (SSSR count). The highest BCUT2D eigenvalue weighted by atomic mass is 16.5. The number of para-hydroxylation sites is 2. The topological polar surface area (TPSA) is 58.6 Å². The van der Waals surface area contributed by atoms with Crippen molar-refractivity contribution in [1.82, 2.24) is 0 Å². The number of carbonyl (C=O) groups is 2. The molecule has 0 unspecified atom stereocenters. The van der Waals surface area contributed by atoms with E-state index in [9.17, 15) is 9.59 Å². The van der Waals surface area contributed by atoms with Crippen LogP contribution in [0.5, 0.6) is 11.5 Å². The fourth-order valence-corrected chi connectivity index (χ4v) is 3.71. The molecule has 0 saturated carbocycles. The van der Waals surface area contributed by atoms with Crippen molar-refractivity contribution < 1.29 is 14.3 Å². The second-order valence-electron chi connectivity index (χ2n) is 7.13. The van der Waals surface area contributed by atoms with E-state index in [4.69, 9.17) is 4.74 Å². The summed E-state index contributed by atoms with van der Waals surface area (Å²) in [7, 11) is 1.71. The lowest BCUT2D eigenvalue weighted by atomic mass is 10.0. The van der Waals surface area contributed by atoms with Crippen LogP contribution in [0.1, 0.15) is 20.7 Å². The summed E-state index contributed by atoms with van der Waals surface area (Å²) in [6.45, 7) is 0. The molecule has 1 N–H and O–H groups in total. The van der Waals surface area contributed by atoms with E-state index in [2.05, 4.69) is 5.32 Å². The van der Waals surface area contributed by atoms with E-state index in [0.717, 1.165) is 10.8 Å². The molecule has 0 radical (unpaired) electrons. The van der Waals surface area contributed by atoms with Gasteiger partial charge in [0.05, 0.1) is 11.3 Å². The van der Waals surface area contributed by atoms with Crippen molar-refractivity contribution in [3.63, 3.8) is 0 Å². The van der Waals surface area contributed by atoms with Crippen molar-refractivity contribution in [3.05, 3.63) is 96.1 Å². The molecule has 30 heavy (non-hydrogen) atoms. The minimum absolute atomic E-state index is 0.198. The Labute approximate surface area is 173 Å². The number of amides is 2. The Morgan fingerprint density at radius 1 is 0.867 bits per heavy atom. The molecule has 0 aliphatic carbocycles.